The number of carbonyl (C=O) groups is 1. The van der Waals surface area contributed by atoms with Crippen molar-refractivity contribution in [3.63, 3.8) is 0 Å². The van der Waals surface area contributed by atoms with Crippen molar-refractivity contribution >= 4 is 35.1 Å². The van der Waals surface area contributed by atoms with Gasteiger partial charge in [-0.1, -0.05) is 71.2 Å². The molecule has 8 heteroatoms. The van der Waals surface area contributed by atoms with Gasteiger partial charge in [0.15, 0.2) is 12.4 Å². The number of benzene rings is 3. The maximum Gasteiger partial charge on any atom is 0.287 e. The van der Waals surface area contributed by atoms with Gasteiger partial charge in [0.1, 0.15) is 5.75 Å². The van der Waals surface area contributed by atoms with Gasteiger partial charge in [0.05, 0.1) is 0 Å². The van der Waals surface area contributed by atoms with Crippen LogP contribution >= 0.6 is 23.2 Å². The number of rotatable bonds is 7. The van der Waals surface area contributed by atoms with Crippen molar-refractivity contribution in [3.8, 4) is 17.1 Å². The molecule has 0 radical (unpaired) electrons. The summed E-state index contributed by atoms with van der Waals surface area (Å²) in [5, 5.41) is 8.82. The van der Waals surface area contributed by atoms with Crippen LogP contribution in [0.25, 0.3) is 11.4 Å². The van der Waals surface area contributed by atoms with E-state index in [0.717, 1.165) is 16.7 Å². The molecule has 4 aromatic rings. The topological polar surface area (TPSA) is 69.0 Å². The Balaban J connectivity index is 1.57. The first-order valence-electron chi connectivity index (χ1n) is 9.92. The molecule has 1 heterocycles. The number of ether oxygens (including phenoxy) is 1. The molecule has 6 nitrogen and oxygen atoms in total. The average molecular weight is 467 g/mol. The van der Waals surface area contributed by atoms with Crippen molar-refractivity contribution in [3.05, 3.63) is 94.0 Å². The molecule has 0 aliphatic rings. The lowest BCUT2D eigenvalue weighted by atomic mass is 10.1. The third kappa shape index (κ3) is 5.28. The third-order valence-corrected chi connectivity index (χ3v) is 5.34. The highest BCUT2D eigenvalue weighted by Gasteiger charge is 2.18. The zero-order chi connectivity index (χ0) is 22.5. The van der Waals surface area contributed by atoms with Crippen molar-refractivity contribution in [2.45, 2.75) is 13.5 Å². The van der Waals surface area contributed by atoms with Gasteiger partial charge in [-0.05, 0) is 42.8 Å². The number of halogens is 2. The van der Waals surface area contributed by atoms with Gasteiger partial charge in [-0.3, -0.25) is 4.79 Å². The normalized spacial score (nSPS) is 10.7. The Hall–Kier alpha value is -3.35. The highest BCUT2D eigenvalue weighted by atomic mass is 35.5. The van der Waals surface area contributed by atoms with E-state index in [9.17, 15) is 4.79 Å². The second-order valence-corrected chi connectivity index (χ2v) is 7.96. The molecule has 1 N–H and O–H groups in total. The second kappa shape index (κ2) is 9.85. The molecule has 0 saturated carbocycles. The molecule has 32 heavy (non-hydrogen) atoms. The van der Waals surface area contributed by atoms with E-state index in [-0.39, 0.29) is 12.5 Å². The summed E-state index contributed by atoms with van der Waals surface area (Å²) in [5.41, 5.74) is 2.81. The molecule has 3 aromatic carbocycles. The Labute approximate surface area is 195 Å². The van der Waals surface area contributed by atoms with Crippen LogP contribution in [0.3, 0.4) is 0 Å². The molecule has 0 atom stereocenters. The molecule has 1 aromatic heterocycles. The van der Waals surface area contributed by atoms with E-state index in [0.29, 0.717) is 34.1 Å². The molecule has 0 saturated heterocycles. The van der Waals surface area contributed by atoms with Crippen molar-refractivity contribution in [2.24, 2.45) is 0 Å². The minimum Gasteiger partial charge on any atom is -0.484 e. The van der Waals surface area contributed by atoms with E-state index >= 15 is 0 Å². The summed E-state index contributed by atoms with van der Waals surface area (Å²) in [6.45, 7) is 2.18. The highest BCUT2D eigenvalue weighted by Crippen LogP contribution is 2.21. The number of nitrogens with one attached hydrogen (secondary N) is 1. The summed E-state index contributed by atoms with van der Waals surface area (Å²) < 4.78 is 6.82. The molecule has 162 valence electrons. The average Bonchev–Trinajstić information content (AvgIpc) is 3.23. The van der Waals surface area contributed by atoms with Crippen molar-refractivity contribution in [2.75, 3.05) is 11.9 Å². The largest absolute Gasteiger partial charge is 0.484 e. The first-order valence-corrected chi connectivity index (χ1v) is 10.7. The predicted octanol–water partition coefficient (Wildman–Crippen LogP) is 5.89. The van der Waals surface area contributed by atoms with Gasteiger partial charge in [0.2, 0.25) is 5.95 Å². The maximum atomic E-state index is 12.9. The summed E-state index contributed by atoms with van der Waals surface area (Å²) in [5.74, 6) is 0.913. The fraction of sp³-hybridized carbons (Fsp3) is 0.125. The summed E-state index contributed by atoms with van der Waals surface area (Å²) >= 11 is 12.2. The first-order chi connectivity index (χ1) is 15.5. The molecule has 0 spiro atoms. The van der Waals surface area contributed by atoms with Crippen LogP contribution in [0.15, 0.2) is 72.8 Å². The molecule has 0 bridgehead atoms. The summed E-state index contributed by atoms with van der Waals surface area (Å²) in [7, 11) is 0. The number of anilines is 1. The standard InChI is InChI=1S/C24H20Cl2N4O2/c1-16-6-8-17(9-7-16)23-28-24(27-14-18-4-2-3-5-21(18)26)30(29-23)22(31)15-32-20-12-10-19(25)11-13-20/h2-13H,14-15H2,1H3,(H,27,28,29). The van der Waals surface area contributed by atoms with Crippen molar-refractivity contribution < 1.29 is 9.53 Å². The lowest BCUT2D eigenvalue weighted by molar-refractivity contribution is 0.0824. The molecule has 0 aliphatic carbocycles. The van der Waals surface area contributed by atoms with Crippen LogP contribution in [-0.4, -0.2) is 27.3 Å². The van der Waals surface area contributed by atoms with Crippen LogP contribution in [0.2, 0.25) is 10.0 Å². The van der Waals surface area contributed by atoms with E-state index in [1.54, 1.807) is 24.3 Å². The Kier molecular flexibility index (Phi) is 6.73. The van der Waals surface area contributed by atoms with E-state index in [1.165, 1.54) is 4.68 Å². The molecular formula is C24H20Cl2N4O2. The number of carbonyl (C=O) groups excluding carboxylic acids is 1. The molecule has 0 aliphatic heterocycles. The zero-order valence-electron chi connectivity index (χ0n) is 17.3. The quantitative estimate of drug-likeness (QED) is 0.367. The minimum absolute atomic E-state index is 0.209. The Morgan fingerprint density at radius 2 is 1.72 bits per heavy atom. The highest BCUT2D eigenvalue weighted by molar-refractivity contribution is 6.31. The Morgan fingerprint density at radius 1 is 1.00 bits per heavy atom. The van der Waals surface area contributed by atoms with E-state index in [1.807, 2.05) is 55.5 Å². The fourth-order valence-corrected chi connectivity index (χ4v) is 3.31. The van der Waals surface area contributed by atoms with Crippen LogP contribution in [0.1, 0.15) is 15.9 Å². The number of hydrogen-bond acceptors (Lipinski definition) is 5. The number of hydrogen-bond donors (Lipinski definition) is 1. The predicted molar refractivity (Wildman–Crippen MR) is 127 cm³/mol. The van der Waals surface area contributed by atoms with Gasteiger partial charge in [-0.25, -0.2) is 0 Å². The smallest absolute Gasteiger partial charge is 0.287 e. The molecule has 0 amide bonds. The van der Waals surface area contributed by atoms with Gasteiger partial charge in [0.25, 0.3) is 5.91 Å². The van der Waals surface area contributed by atoms with Crippen LogP contribution in [-0.2, 0) is 6.54 Å². The fourth-order valence-electron chi connectivity index (χ4n) is 2.98. The van der Waals surface area contributed by atoms with Gasteiger partial charge in [-0.15, -0.1) is 5.10 Å². The summed E-state index contributed by atoms with van der Waals surface area (Å²) in [6.07, 6.45) is 0. The lowest BCUT2D eigenvalue weighted by Crippen LogP contribution is -2.22. The maximum absolute atomic E-state index is 12.9. The molecule has 0 unspecified atom stereocenters. The van der Waals surface area contributed by atoms with Crippen LogP contribution in [0, 0.1) is 6.92 Å². The third-order valence-electron chi connectivity index (χ3n) is 4.72. The summed E-state index contributed by atoms with van der Waals surface area (Å²) in [6, 6.07) is 22.1. The van der Waals surface area contributed by atoms with E-state index in [2.05, 4.69) is 15.4 Å². The lowest BCUT2D eigenvalue weighted by Gasteiger charge is -2.09. The second-order valence-electron chi connectivity index (χ2n) is 7.12. The van der Waals surface area contributed by atoms with Gasteiger partial charge < -0.3 is 10.1 Å². The van der Waals surface area contributed by atoms with E-state index in [4.69, 9.17) is 27.9 Å². The Morgan fingerprint density at radius 3 is 2.44 bits per heavy atom. The van der Waals surface area contributed by atoms with Crippen molar-refractivity contribution in [1.29, 1.82) is 0 Å². The van der Waals surface area contributed by atoms with Crippen molar-refractivity contribution in [1.82, 2.24) is 14.8 Å². The van der Waals surface area contributed by atoms with Gasteiger partial charge in [-0.2, -0.15) is 9.67 Å². The zero-order valence-corrected chi connectivity index (χ0v) is 18.8. The van der Waals surface area contributed by atoms with Crippen LogP contribution < -0.4 is 10.1 Å². The molecule has 4 rings (SSSR count). The number of nitrogens with zero attached hydrogens (tertiary/aromatic N) is 3. The molecule has 0 fully saturated rings. The minimum atomic E-state index is -0.368. The molecular weight excluding hydrogens is 447 g/mol. The number of aryl methyl sites for hydroxylation is 1. The van der Waals surface area contributed by atoms with Gasteiger partial charge >= 0.3 is 0 Å². The number of aromatic nitrogens is 3. The van der Waals surface area contributed by atoms with E-state index < -0.39 is 0 Å². The van der Waals surface area contributed by atoms with Crippen LogP contribution in [0.5, 0.6) is 5.75 Å². The monoisotopic (exact) mass is 466 g/mol. The summed E-state index contributed by atoms with van der Waals surface area (Å²) in [4.78, 5) is 17.5. The van der Waals surface area contributed by atoms with Gasteiger partial charge in [0, 0.05) is 22.2 Å². The SMILES string of the molecule is Cc1ccc(-c2nc(NCc3ccccc3Cl)n(C(=O)COc3ccc(Cl)cc3)n2)cc1. The first kappa shape index (κ1) is 21.9. The Bertz CT molecular complexity index is 1220. The van der Waals surface area contributed by atoms with Crippen LogP contribution in [0.4, 0.5) is 5.95 Å².